The molecule has 0 aromatic carbocycles. The van der Waals surface area contributed by atoms with Crippen LogP contribution in [0.1, 0.15) is 29.4 Å². The molecule has 2 heterocycles. The standard InChI is InChI=1S/C13H20N2O5S2.ClH/c1-8-9(5-4-6-14-8)15-22(17,18)13-10(19-2)7-11(21-13)12(16)20-3;/h7-9,14-15H,4-6H2,1-3H3;1H. The van der Waals surface area contributed by atoms with E-state index in [1.807, 2.05) is 6.92 Å². The van der Waals surface area contributed by atoms with Crippen molar-refractivity contribution in [2.45, 2.75) is 36.1 Å². The lowest BCUT2D eigenvalue weighted by atomic mass is 10.0. The molecule has 1 aromatic rings. The van der Waals surface area contributed by atoms with E-state index in [-0.39, 0.29) is 39.3 Å². The second-order valence-electron chi connectivity index (χ2n) is 5.07. The summed E-state index contributed by atoms with van der Waals surface area (Å²) in [7, 11) is -1.15. The Balaban J connectivity index is 0.00000264. The van der Waals surface area contributed by atoms with E-state index in [4.69, 9.17) is 4.74 Å². The number of esters is 1. The summed E-state index contributed by atoms with van der Waals surface area (Å²) in [5, 5.41) is 3.24. The molecule has 0 saturated carbocycles. The molecule has 0 bridgehead atoms. The minimum Gasteiger partial charge on any atom is -0.494 e. The van der Waals surface area contributed by atoms with Crippen LogP contribution in [0.25, 0.3) is 0 Å². The van der Waals surface area contributed by atoms with Crippen molar-refractivity contribution in [1.29, 1.82) is 0 Å². The van der Waals surface area contributed by atoms with Crippen LogP contribution in [0.15, 0.2) is 10.3 Å². The predicted molar refractivity (Wildman–Crippen MR) is 90.3 cm³/mol. The van der Waals surface area contributed by atoms with E-state index in [2.05, 4.69) is 14.8 Å². The van der Waals surface area contributed by atoms with Crippen molar-refractivity contribution >= 4 is 39.7 Å². The van der Waals surface area contributed by atoms with Crippen molar-refractivity contribution in [2.75, 3.05) is 20.8 Å². The summed E-state index contributed by atoms with van der Waals surface area (Å²) in [4.78, 5) is 11.8. The Hall–Kier alpha value is -0.870. The van der Waals surface area contributed by atoms with Gasteiger partial charge >= 0.3 is 5.97 Å². The number of hydrogen-bond acceptors (Lipinski definition) is 7. The van der Waals surface area contributed by atoms with Crippen LogP contribution >= 0.6 is 23.7 Å². The molecule has 0 aliphatic carbocycles. The molecule has 2 atom stereocenters. The van der Waals surface area contributed by atoms with Crippen LogP contribution in [0.2, 0.25) is 0 Å². The van der Waals surface area contributed by atoms with Crippen LogP contribution in [0, 0.1) is 0 Å². The highest BCUT2D eigenvalue weighted by Crippen LogP contribution is 2.34. The molecule has 0 amide bonds. The van der Waals surface area contributed by atoms with Crippen molar-refractivity contribution in [3.05, 3.63) is 10.9 Å². The van der Waals surface area contributed by atoms with Crippen LogP contribution < -0.4 is 14.8 Å². The molecule has 1 aromatic heterocycles. The largest absolute Gasteiger partial charge is 0.494 e. The third kappa shape index (κ3) is 4.57. The van der Waals surface area contributed by atoms with Gasteiger partial charge in [-0.1, -0.05) is 0 Å². The predicted octanol–water partition coefficient (Wildman–Crippen LogP) is 1.38. The molecule has 2 unspecified atom stereocenters. The number of sulfonamides is 1. The summed E-state index contributed by atoms with van der Waals surface area (Å²) in [6.45, 7) is 2.83. The molecular formula is C13H21ClN2O5S2. The Bertz CT molecular complexity index is 647. The molecule has 1 fully saturated rings. The Labute approximate surface area is 146 Å². The maximum absolute atomic E-state index is 12.6. The van der Waals surface area contributed by atoms with E-state index in [1.165, 1.54) is 20.3 Å². The minimum absolute atomic E-state index is 0. The highest BCUT2D eigenvalue weighted by molar-refractivity contribution is 7.91. The zero-order chi connectivity index (χ0) is 16.3. The second-order valence-corrected chi connectivity index (χ2v) is 8.03. The maximum Gasteiger partial charge on any atom is 0.348 e. The van der Waals surface area contributed by atoms with Gasteiger partial charge in [-0.15, -0.1) is 23.7 Å². The molecule has 1 saturated heterocycles. The van der Waals surface area contributed by atoms with Crippen LogP contribution in [0.4, 0.5) is 0 Å². The number of nitrogens with one attached hydrogen (secondary N) is 2. The number of carbonyl (C=O) groups excluding carboxylic acids is 1. The highest BCUT2D eigenvalue weighted by Gasteiger charge is 2.31. The Kier molecular flexibility index (Phi) is 7.28. The van der Waals surface area contributed by atoms with Crippen LogP contribution in [0.5, 0.6) is 5.75 Å². The van der Waals surface area contributed by atoms with Gasteiger partial charge < -0.3 is 14.8 Å². The van der Waals surface area contributed by atoms with Crippen molar-refractivity contribution in [3.8, 4) is 5.75 Å². The number of halogens is 1. The average molecular weight is 385 g/mol. The Morgan fingerprint density at radius 3 is 2.70 bits per heavy atom. The quantitative estimate of drug-likeness (QED) is 0.745. The molecule has 1 aliphatic heterocycles. The third-order valence-corrected chi connectivity index (χ3v) is 6.69. The molecule has 10 heteroatoms. The number of hydrogen-bond donors (Lipinski definition) is 2. The SMILES string of the molecule is COC(=O)c1cc(OC)c(S(=O)(=O)NC2CCCNC2C)s1.Cl. The lowest BCUT2D eigenvalue weighted by molar-refractivity contribution is 0.0606. The molecule has 132 valence electrons. The van der Waals surface area contributed by atoms with Gasteiger partial charge in [0.25, 0.3) is 10.0 Å². The molecule has 23 heavy (non-hydrogen) atoms. The molecule has 0 radical (unpaired) electrons. The zero-order valence-electron chi connectivity index (χ0n) is 13.1. The van der Waals surface area contributed by atoms with Gasteiger partial charge in [0.2, 0.25) is 0 Å². The van der Waals surface area contributed by atoms with Gasteiger partial charge in [-0.3, -0.25) is 0 Å². The summed E-state index contributed by atoms with van der Waals surface area (Å²) >= 11 is 0.843. The third-order valence-electron chi connectivity index (χ3n) is 3.58. The zero-order valence-corrected chi connectivity index (χ0v) is 15.6. The summed E-state index contributed by atoms with van der Waals surface area (Å²) < 4.78 is 37.6. The lowest BCUT2D eigenvalue weighted by Crippen LogP contribution is -2.51. The monoisotopic (exact) mass is 384 g/mol. The van der Waals surface area contributed by atoms with Crippen molar-refractivity contribution < 1.29 is 22.7 Å². The van der Waals surface area contributed by atoms with Gasteiger partial charge in [0, 0.05) is 18.2 Å². The van der Waals surface area contributed by atoms with E-state index in [0.29, 0.717) is 0 Å². The molecule has 2 rings (SSSR count). The first-order valence-electron chi connectivity index (χ1n) is 6.91. The molecule has 0 spiro atoms. The number of ether oxygens (including phenoxy) is 2. The van der Waals surface area contributed by atoms with Gasteiger partial charge in [0.15, 0.2) is 9.96 Å². The van der Waals surface area contributed by atoms with Crippen molar-refractivity contribution in [2.24, 2.45) is 0 Å². The van der Waals surface area contributed by atoms with Gasteiger partial charge in [0.1, 0.15) is 4.88 Å². The summed E-state index contributed by atoms with van der Waals surface area (Å²) in [6.07, 6.45) is 1.68. The summed E-state index contributed by atoms with van der Waals surface area (Å²) in [5.74, 6) is -0.438. The van der Waals surface area contributed by atoms with Gasteiger partial charge in [-0.05, 0) is 26.3 Å². The Morgan fingerprint density at radius 2 is 2.13 bits per heavy atom. The van der Waals surface area contributed by atoms with Gasteiger partial charge in [-0.25, -0.2) is 17.9 Å². The average Bonchev–Trinajstić information content (AvgIpc) is 2.94. The van der Waals surface area contributed by atoms with Crippen LogP contribution in [-0.4, -0.2) is 47.2 Å². The van der Waals surface area contributed by atoms with Crippen molar-refractivity contribution in [1.82, 2.24) is 10.0 Å². The van der Waals surface area contributed by atoms with E-state index >= 15 is 0 Å². The smallest absolute Gasteiger partial charge is 0.348 e. The topological polar surface area (TPSA) is 93.7 Å². The van der Waals surface area contributed by atoms with E-state index in [9.17, 15) is 13.2 Å². The van der Waals surface area contributed by atoms with Gasteiger partial charge in [-0.2, -0.15) is 0 Å². The van der Waals surface area contributed by atoms with Gasteiger partial charge in [0.05, 0.1) is 14.2 Å². The number of carbonyl (C=O) groups is 1. The van der Waals surface area contributed by atoms with Crippen LogP contribution in [-0.2, 0) is 14.8 Å². The number of rotatable bonds is 5. The number of thiophene rings is 1. The van der Waals surface area contributed by atoms with E-state index in [0.717, 1.165) is 30.7 Å². The number of piperidine rings is 1. The first-order valence-corrected chi connectivity index (χ1v) is 9.21. The summed E-state index contributed by atoms with van der Waals surface area (Å²) in [5.41, 5.74) is 0. The maximum atomic E-state index is 12.6. The Morgan fingerprint density at radius 1 is 1.43 bits per heavy atom. The molecule has 2 N–H and O–H groups in total. The first kappa shape index (κ1) is 20.2. The highest BCUT2D eigenvalue weighted by atomic mass is 35.5. The second kappa shape index (κ2) is 8.29. The van der Waals surface area contributed by atoms with Crippen molar-refractivity contribution in [3.63, 3.8) is 0 Å². The molecule has 1 aliphatic rings. The summed E-state index contributed by atoms with van der Waals surface area (Å²) in [6, 6.07) is 1.25. The van der Waals surface area contributed by atoms with E-state index in [1.54, 1.807) is 0 Å². The van der Waals surface area contributed by atoms with Crippen LogP contribution in [0.3, 0.4) is 0 Å². The minimum atomic E-state index is -3.76. The fraction of sp³-hybridized carbons (Fsp3) is 0.615. The first-order chi connectivity index (χ1) is 10.4. The molecule has 7 nitrogen and oxygen atoms in total. The normalized spacial score (nSPS) is 21.3. The fourth-order valence-electron chi connectivity index (χ4n) is 2.35. The lowest BCUT2D eigenvalue weighted by Gasteiger charge is -2.30. The number of methoxy groups -OCH3 is 2. The fourth-order valence-corrected chi connectivity index (χ4v) is 5.21. The molecular weight excluding hydrogens is 364 g/mol. The van der Waals surface area contributed by atoms with E-state index < -0.39 is 16.0 Å².